The van der Waals surface area contributed by atoms with Crippen LogP contribution >= 0.6 is 0 Å². The van der Waals surface area contributed by atoms with Crippen molar-refractivity contribution in [2.45, 2.75) is 25.1 Å². The Hall–Kier alpha value is -1.56. The molecule has 1 aliphatic rings. The first kappa shape index (κ1) is 13.9. The second kappa shape index (κ2) is 4.85. The van der Waals surface area contributed by atoms with Gasteiger partial charge in [0.15, 0.2) is 0 Å². The molecule has 0 saturated carbocycles. The summed E-state index contributed by atoms with van der Waals surface area (Å²) in [5, 5.41) is 2.67. The minimum atomic E-state index is -4.22. The van der Waals surface area contributed by atoms with Crippen molar-refractivity contribution in [2.75, 3.05) is 19.0 Å². The van der Waals surface area contributed by atoms with Crippen LogP contribution in [0.5, 0.6) is 0 Å². The molecule has 0 fully saturated rings. The van der Waals surface area contributed by atoms with Crippen molar-refractivity contribution in [3.63, 3.8) is 0 Å². The highest BCUT2D eigenvalue weighted by atomic mass is 19.4. The Balaban J connectivity index is 2.27. The summed E-state index contributed by atoms with van der Waals surface area (Å²) in [5.41, 5.74) is 2.12. The molecule has 1 amide bonds. The Labute approximate surface area is 109 Å². The lowest BCUT2D eigenvalue weighted by atomic mass is 10.00. The number of carbonyl (C=O) groups excluding carboxylic acids is 1. The monoisotopic (exact) mass is 272 g/mol. The van der Waals surface area contributed by atoms with Crippen LogP contribution in [0.4, 0.5) is 18.9 Å². The van der Waals surface area contributed by atoms with E-state index in [-0.39, 0.29) is 12.3 Å². The fourth-order valence-electron chi connectivity index (χ4n) is 2.32. The smallest absolute Gasteiger partial charge is 0.315 e. The van der Waals surface area contributed by atoms with Gasteiger partial charge in [-0.25, -0.2) is 0 Å². The molecule has 1 atom stereocenters. The Kier molecular flexibility index (Phi) is 3.54. The predicted octanol–water partition coefficient (Wildman–Crippen LogP) is 2.42. The molecule has 0 radical (unpaired) electrons. The lowest BCUT2D eigenvalue weighted by Gasteiger charge is -2.19. The normalized spacial score (nSPS) is 16.7. The number of fused-ring (bicyclic) bond motifs is 1. The third kappa shape index (κ3) is 2.89. The summed E-state index contributed by atoms with van der Waals surface area (Å²) in [7, 11) is 3.17. The summed E-state index contributed by atoms with van der Waals surface area (Å²) in [6.07, 6.45) is -4.90. The average Bonchev–Trinajstić information content (AvgIpc) is 2.60. The molecular weight excluding hydrogens is 257 g/mol. The van der Waals surface area contributed by atoms with Gasteiger partial charge in [-0.3, -0.25) is 4.79 Å². The van der Waals surface area contributed by atoms with Gasteiger partial charge in [-0.2, -0.15) is 13.2 Å². The third-order valence-corrected chi connectivity index (χ3v) is 3.37. The highest BCUT2D eigenvalue weighted by molar-refractivity contribution is 6.00. The number of carbonyl (C=O) groups is 1. The molecule has 1 aliphatic heterocycles. The maximum atomic E-state index is 12.5. The van der Waals surface area contributed by atoms with Crippen LogP contribution < -0.4 is 10.2 Å². The van der Waals surface area contributed by atoms with Crippen molar-refractivity contribution in [3.05, 3.63) is 29.3 Å². The van der Waals surface area contributed by atoms with Gasteiger partial charge in [0.1, 0.15) is 0 Å². The molecule has 0 aromatic heterocycles. The first-order chi connectivity index (χ1) is 8.81. The first-order valence-electron chi connectivity index (χ1n) is 5.95. The van der Waals surface area contributed by atoms with Crippen LogP contribution in [0.15, 0.2) is 18.2 Å². The Morgan fingerprint density at radius 1 is 1.42 bits per heavy atom. The van der Waals surface area contributed by atoms with Crippen LogP contribution in [-0.2, 0) is 11.2 Å². The van der Waals surface area contributed by atoms with E-state index in [0.29, 0.717) is 5.56 Å². The lowest BCUT2D eigenvalue weighted by molar-refractivity contribution is -0.140. The summed E-state index contributed by atoms with van der Waals surface area (Å²) < 4.78 is 37.4. The fourth-order valence-corrected chi connectivity index (χ4v) is 2.32. The highest BCUT2D eigenvalue weighted by Crippen LogP contribution is 2.34. The standard InChI is InChI=1S/C13H15F3N2O/c1-17-10(7-13(14,15)16)8-3-4-11-9(5-8)6-12(19)18(11)2/h3-5,10,17H,6-7H2,1-2H3. The van der Waals surface area contributed by atoms with Crippen molar-refractivity contribution >= 4 is 11.6 Å². The van der Waals surface area contributed by atoms with Crippen LogP contribution in [-0.4, -0.2) is 26.2 Å². The third-order valence-electron chi connectivity index (χ3n) is 3.37. The van der Waals surface area contributed by atoms with Gasteiger partial charge in [0.05, 0.1) is 12.8 Å². The van der Waals surface area contributed by atoms with Gasteiger partial charge in [-0.1, -0.05) is 12.1 Å². The van der Waals surface area contributed by atoms with Gasteiger partial charge in [-0.15, -0.1) is 0 Å². The van der Waals surface area contributed by atoms with Crippen LogP contribution in [0.25, 0.3) is 0 Å². The van der Waals surface area contributed by atoms with E-state index >= 15 is 0 Å². The predicted molar refractivity (Wildman–Crippen MR) is 66.0 cm³/mol. The average molecular weight is 272 g/mol. The SMILES string of the molecule is CNC(CC(F)(F)F)c1ccc2c(c1)CC(=O)N2C. The van der Waals surface area contributed by atoms with Crippen molar-refractivity contribution in [3.8, 4) is 0 Å². The van der Waals surface area contributed by atoms with Gasteiger partial charge >= 0.3 is 6.18 Å². The zero-order valence-electron chi connectivity index (χ0n) is 10.7. The van der Waals surface area contributed by atoms with Gasteiger partial charge in [0, 0.05) is 18.8 Å². The van der Waals surface area contributed by atoms with E-state index in [2.05, 4.69) is 5.32 Å². The number of amides is 1. The molecule has 1 N–H and O–H groups in total. The molecule has 0 saturated heterocycles. The lowest BCUT2D eigenvalue weighted by Crippen LogP contribution is -2.23. The zero-order chi connectivity index (χ0) is 14.2. The number of hydrogen-bond acceptors (Lipinski definition) is 2. The number of alkyl halides is 3. The van der Waals surface area contributed by atoms with Crippen LogP contribution in [0.3, 0.4) is 0 Å². The molecule has 2 rings (SSSR count). The number of halogens is 3. The number of hydrogen-bond donors (Lipinski definition) is 1. The minimum absolute atomic E-state index is 0.0380. The molecular formula is C13H15F3N2O. The topological polar surface area (TPSA) is 32.3 Å². The first-order valence-corrected chi connectivity index (χ1v) is 5.95. The number of likely N-dealkylation sites (N-methyl/N-ethyl adjacent to an activating group) is 1. The van der Waals surface area contributed by atoms with Crippen molar-refractivity contribution in [1.29, 1.82) is 0 Å². The largest absolute Gasteiger partial charge is 0.390 e. The van der Waals surface area contributed by atoms with Gasteiger partial charge in [0.25, 0.3) is 0 Å². The van der Waals surface area contributed by atoms with E-state index in [4.69, 9.17) is 0 Å². The molecule has 1 unspecified atom stereocenters. The van der Waals surface area contributed by atoms with Crippen molar-refractivity contribution in [1.82, 2.24) is 5.32 Å². The van der Waals surface area contributed by atoms with Gasteiger partial charge in [-0.05, 0) is 24.2 Å². The molecule has 3 nitrogen and oxygen atoms in total. The molecule has 0 aliphatic carbocycles. The Morgan fingerprint density at radius 3 is 2.68 bits per heavy atom. The van der Waals surface area contributed by atoms with E-state index in [1.807, 2.05) is 0 Å². The van der Waals surface area contributed by atoms with E-state index in [9.17, 15) is 18.0 Å². The van der Waals surface area contributed by atoms with E-state index in [0.717, 1.165) is 11.3 Å². The minimum Gasteiger partial charge on any atom is -0.315 e. The zero-order valence-corrected chi connectivity index (χ0v) is 10.7. The van der Waals surface area contributed by atoms with Crippen LogP contribution in [0, 0.1) is 0 Å². The summed E-state index contributed by atoms with van der Waals surface area (Å²) in [5.74, 6) is -0.0380. The molecule has 104 valence electrons. The van der Waals surface area contributed by atoms with Crippen LogP contribution in [0.2, 0.25) is 0 Å². The Morgan fingerprint density at radius 2 is 2.11 bits per heavy atom. The second-order valence-corrected chi connectivity index (χ2v) is 4.68. The quantitative estimate of drug-likeness (QED) is 0.916. The summed E-state index contributed by atoms with van der Waals surface area (Å²) in [6.45, 7) is 0. The number of nitrogens with zero attached hydrogens (tertiary/aromatic N) is 1. The number of benzene rings is 1. The van der Waals surface area contributed by atoms with E-state index in [1.165, 1.54) is 11.9 Å². The summed E-state index contributed by atoms with van der Waals surface area (Å²) in [4.78, 5) is 13.1. The highest BCUT2D eigenvalue weighted by Gasteiger charge is 2.33. The van der Waals surface area contributed by atoms with Crippen LogP contribution in [0.1, 0.15) is 23.6 Å². The molecule has 0 spiro atoms. The molecule has 1 aromatic rings. The number of nitrogens with one attached hydrogen (secondary N) is 1. The van der Waals surface area contributed by atoms with Crippen molar-refractivity contribution < 1.29 is 18.0 Å². The molecule has 1 heterocycles. The summed E-state index contributed by atoms with van der Waals surface area (Å²) >= 11 is 0. The molecule has 19 heavy (non-hydrogen) atoms. The maximum Gasteiger partial charge on any atom is 0.390 e. The maximum absolute atomic E-state index is 12.5. The second-order valence-electron chi connectivity index (χ2n) is 4.68. The molecule has 1 aromatic carbocycles. The van der Waals surface area contributed by atoms with Gasteiger partial charge in [0.2, 0.25) is 5.91 Å². The van der Waals surface area contributed by atoms with Crippen molar-refractivity contribution in [2.24, 2.45) is 0 Å². The van der Waals surface area contributed by atoms with E-state index < -0.39 is 18.6 Å². The molecule has 0 bridgehead atoms. The molecule has 6 heteroatoms. The van der Waals surface area contributed by atoms with Gasteiger partial charge < -0.3 is 10.2 Å². The number of anilines is 1. The van der Waals surface area contributed by atoms with E-state index in [1.54, 1.807) is 25.2 Å². The fraction of sp³-hybridized carbons (Fsp3) is 0.462. The Bertz CT molecular complexity index is 499. The number of rotatable bonds is 3. The summed E-state index contributed by atoms with van der Waals surface area (Å²) in [6, 6.07) is 4.24.